The second-order valence-electron chi connectivity index (χ2n) is 3.14. The van der Waals surface area contributed by atoms with Gasteiger partial charge in [0.15, 0.2) is 0 Å². The van der Waals surface area contributed by atoms with E-state index in [0.29, 0.717) is 5.69 Å². The summed E-state index contributed by atoms with van der Waals surface area (Å²) in [4.78, 5) is 15.5. The van der Waals surface area contributed by atoms with Crippen LogP contribution >= 0.6 is 0 Å². The number of anilines is 1. The fraction of sp³-hybridized carbons (Fsp3) is 0.400. The Labute approximate surface area is 88.6 Å². The molecule has 3 N–H and O–H groups in total. The summed E-state index contributed by atoms with van der Waals surface area (Å²) in [5.41, 5.74) is 7.00. The highest BCUT2D eigenvalue weighted by molar-refractivity contribution is 5.94. The number of aryl methyl sites for hydroxylation is 1. The van der Waals surface area contributed by atoms with E-state index < -0.39 is 6.10 Å². The fourth-order valence-electron chi connectivity index (χ4n) is 1.12. The third-order valence-corrected chi connectivity index (χ3v) is 2.09. The molecule has 1 rings (SSSR count). The van der Waals surface area contributed by atoms with Crippen LogP contribution in [-0.4, -0.2) is 30.6 Å². The Morgan fingerprint density at radius 3 is 3.00 bits per heavy atom. The highest BCUT2D eigenvalue weighted by Crippen LogP contribution is 2.11. The van der Waals surface area contributed by atoms with E-state index in [2.05, 4.69) is 10.3 Å². The molecular weight excluding hydrogens is 194 g/mol. The predicted molar refractivity (Wildman–Crippen MR) is 57.5 cm³/mol. The molecular formula is C10H15N3O2. The molecule has 1 heterocycles. The summed E-state index contributed by atoms with van der Waals surface area (Å²) < 4.78 is 4.92. The van der Waals surface area contributed by atoms with Crippen LogP contribution in [-0.2, 0) is 9.53 Å². The van der Waals surface area contributed by atoms with Crippen LogP contribution in [0.25, 0.3) is 0 Å². The molecule has 1 unspecified atom stereocenters. The molecule has 0 aliphatic rings. The van der Waals surface area contributed by atoms with Gasteiger partial charge in [0, 0.05) is 19.9 Å². The predicted octanol–water partition coefficient (Wildman–Crippen LogP) is 0.302. The zero-order valence-electron chi connectivity index (χ0n) is 8.86. The number of nitrogens with zero attached hydrogens (tertiary/aromatic N) is 1. The van der Waals surface area contributed by atoms with Crippen LogP contribution in [0.2, 0.25) is 0 Å². The molecule has 1 aromatic rings. The van der Waals surface area contributed by atoms with Gasteiger partial charge in [-0.1, -0.05) is 0 Å². The average Bonchev–Trinajstić information content (AvgIpc) is 2.23. The van der Waals surface area contributed by atoms with E-state index in [9.17, 15) is 4.79 Å². The Morgan fingerprint density at radius 2 is 2.47 bits per heavy atom. The summed E-state index contributed by atoms with van der Waals surface area (Å²) in [7, 11) is 1.45. The van der Waals surface area contributed by atoms with Crippen molar-refractivity contribution < 1.29 is 9.53 Å². The van der Waals surface area contributed by atoms with Gasteiger partial charge in [0.1, 0.15) is 6.10 Å². The zero-order chi connectivity index (χ0) is 11.3. The average molecular weight is 209 g/mol. The van der Waals surface area contributed by atoms with Gasteiger partial charge in [0.25, 0.3) is 5.91 Å². The molecule has 0 aliphatic carbocycles. The van der Waals surface area contributed by atoms with E-state index in [1.807, 2.05) is 13.0 Å². The Morgan fingerprint density at radius 1 is 1.73 bits per heavy atom. The Bertz CT molecular complexity index is 337. The van der Waals surface area contributed by atoms with Crippen LogP contribution in [0, 0.1) is 6.92 Å². The van der Waals surface area contributed by atoms with Crippen LogP contribution < -0.4 is 11.1 Å². The Balaban J connectivity index is 2.70. The lowest BCUT2D eigenvalue weighted by Crippen LogP contribution is -2.36. The van der Waals surface area contributed by atoms with Gasteiger partial charge in [-0.3, -0.25) is 9.78 Å². The smallest absolute Gasteiger partial charge is 0.254 e. The quantitative estimate of drug-likeness (QED) is 0.747. The first-order valence-electron chi connectivity index (χ1n) is 4.63. The third-order valence-electron chi connectivity index (χ3n) is 2.09. The number of pyridine rings is 1. The maximum absolute atomic E-state index is 11.6. The summed E-state index contributed by atoms with van der Waals surface area (Å²) in [6.45, 7) is 2.04. The van der Waals surface area contributed by atoms with E-state index in [4.69, 9.17) is 10.5 Å². The number of amides is 1. The zero-order valence-corrected chi connectivity index (χ0v) is 8.86. The van der Waals surface area contributed by atoms with Crippen LogP contribution in [0.1, 0.15) is 5.56 Å². The van der Waals surface area contributed by atoms with Crippen molar-refractivity contribution in [2.45, 2.75) is 13.0 Å². The molecule has 0 fully saturated rings. The van der Waals surface area contributed by atoms with Crippen LogP contribution in [0.5, 0.6) is 0 Å². The highest BCUT2D eigenvalue weighted by Gasteiger charge is 2.16. The van der Waals surface area contributed by atoms with E-state index in [1.165, 1.54) is 7.11 Å². The largest absolute Gasteiger partial charge is 0.370 e. The minimum atomic E-state index is -0.621. The van der Waals surface area contributed by atoms with E-state index in [1.54, 1.807) is 12.4 Å². The van der Waals surface area contributed by atoms with Gasteiger partial charge in [-0.15, -0.1) is 0 Å². The maximum Gasteiger partial charge on any atom is 0.254 e. The highest BCUT2D eigenvalue weighted by atomic mass is 16.5. The van der Waals surface area contributed by atoms with Gasteiger partial charge in [0.05, 0.1) is 11.9 Å². The number of hydrogen-bond donors (Lipinski definition) is 2. The number of nitrogens with one attached hydrogen (secondary N) is 1. The molecule has 5 heteroatoms. The van der Waals surface area contributed by atoms with Gasteiger partial charge in [-0.05, 0) is 18.6 Å². The summed E-state index contributed by atoms with van der Waals surface area (Å²) in [6.07, 6.45) is 2.64. The summed E-state index contributed by atoms with van der Waals surface area (Å²) >= 11 is 0. The SMILES string of the molecule is COC(CN)C(=O)Nc1cnccc1C. The third kappa shape index (κ3) is 3.00. The number of hydrogen-bond acceptors (Lipinski definition) is 4. The molecule has 1 amide bonds. The maximum atomic E-state index is 11.6. The summed E-state index contributed by atoms with van der Waals surface area (Å²) in [5, 5.41) is 2.71. The number of carbonyl (C=O) groups is 1. The minimum Gasteiger partial charge on any atom is -0.370 e. The van der Waals surface area contributed by atoms with E-state index in [0.717, 1.165) is 5.56 Å². The summed E-state index contributed by atoms with van der Waals surface area (Å²) in [6, 6.07) is 1.82. The monoisotopic (exact) mass is 209 g/mol. The molecule has 1 aromatic heterocycles. The van der Waals surface area contributed by atoms with Gasteiger partial charge < -0.3 is 15.8 Å². The van der Waals surface area contributed by atoms with Crippen LogP contribution in [0.4, 0.5) is 5.69 Å². The van der Waals surface area contributed by atoms with Crippen molar-refractivity contribution in [2.24, 2.45) is 5.73 Å². The van der Waals surface area contributed by atoms with E-state index in [-0.39, 0.29) is 12.5 Å². The van der Waals surface area contributed by atoms with Crippen molar-refractivity contribution in [1.29, 1.82) is 0 Å². The number of aromatic nitrogens is 1. The van der Waals surface area contributed by atoms with Crippen molar-refractivity contribution in [3.8, 4) is 0 Å². The van der Waals surface area contributed by atoms with Gasteiger partial charge in [-0.2, -0.15) is 0 Å². The number of ether oxygens (including phenoxy) is 1. The number of nitrogens with two attached hydrogens (primary N) is 1. The van der Waals surface area contributed by atoms with Gasteiger partial charge in [-0.25, -0.2) is 0 Å². The molecule has 1 atom stereocenters. The molecule has 0 saturated carbocycles. The topological polar surface area (TPSA) is 77.2 Å². The van der Waals surface area contributed by atoms with Crippen LogP contribution in [0.15, 0.2) is 18.5 Å². The lowest BCUT2D eigenvalue weighted by molar-refractivity contribution is -0.125. The fourth-order valence-corrected chi connectivity index (χ4v) is 1.12. The lowest BCUT2D eigenvalue weighted by Gasteiger charge is -2.13. The molecule has 82 valence electrons. The molecule has 0 aromatic carbocycles. The van der Waals surface area contributed by atoms with Crippen molar-refractivity contribution in [2.75, 3.05) is 19.0 Å². The molecule has 0 radical (unpaired) electrons. The molecule has 0 saturated heterocycles. The number of rotatable bonds is 4. The van der Waals surface area contributed by atoms with Crippen molar-refractivity contribution in [1.82, 2.24) is 4.98 Å². The van der Waals surface area contributed by atoms with Gasteiger partial charge >= 0.3 is 0 Å². The lowest BCUT2D eigenvalue weighted by atomic mass is 10.2. The van der Waals surface area contributed by atoms with Crippen molar-refractivity contribution >= 4 is 11.6 Å². The van der Waals surface area contributed by atoms with Crippen molar-refractivity contribution in [3.05, 3.63) is 24.0 Å². The second kappa shape index (κ2) is 5.43. The molecule has 0 spiro atoms. The molecule has 0 bridgehead atoms. The first-order valence-corrected chi connectivity index (χ1v) is 4.63. The Hall–Kier alpha value is -1.46. The van der Waals surface area contributed by atoms with Crippen molar-refractivity contribution in [3.63, 3.8) is 0 Å². The summed E-state index contributed by atoms with van der Waals surface area (Å²) in [5.74, 6) is -0.254. The second-order valence-corrected chi connectivity index (χ2v) is 3.14. The molecule has 15 heavy (non-hydrogen) atoms. The standard InChI is InChI=1S/C10H15N3O2/c1-7-3-4-12-6-8(7)13-10(14)9(5-11)15-2/h3-4,6,9H,5,11H2,1-2H3,(H,13,14). The Kier molecular flexibility index (Phi) is 4.20. The van der Waals surface area contributed by atoms with Gasteiger partial charge in [0.2, 0.25) is 0 Å². The van der Waals surface area contributed by atoms with Crippen LogP contribution in [0.3, 0.4) is 0 Å². The molecule has 0 aliphatic heterocycles. The number of carbonyl (C=O) groups excluding carboxylic acids is 1. The normalized spacial score (nSPS) is 12.2. The first-order chi connectivity index (χ1) is 7.19. The number of methoxy groups -OCH3 is 1. The van der Waals surface area contributed by atoms with E-state index >= 15 is 0 Å². The first kappa shape index (κ1) is 11.6. The minimum absolute atomic E-state index is 0.154. The molecule has 5 nitrogen and oxygen atoms in total.